The number of nitrogens with zero attached hydrogens (tertiary/aromatic N) is 1. The van der Waals surface area contributed by atoms with E-state index in [0.29, 0.717) is 11.3 Å². The van der Waals surface area contributed by atoms with Gasteiger partial charge < -0.3 is 14.6 Å². The van der Waals surface area contributed by atoms with Crippen LogP contribution in [-0.4, -0.2) is 40.8 Å². The molecule has 2 amide bonds. The minimum absolute atomic E-state index is 0.503. The molecule has 2 atom stereocenters. The molecule has 0 aromatic heterocycles. The van der Waals surface area contributed by atoms with Crippen molar-refractivity contribution >= 4 is 12.0 Å². The highest BCUT2D eigenvalue weighted by Crippen LogP contribution is 2.28. The molecule has 0 bridgehead atoms. The van der Waals surface area contributed by atoms with E-state index < -0.39 is 29.7 Å². The Balaban J connectivity index is 2.20. The molecule has 1 aromatic rings. The summed E-state index contributed by atoms with van der Waals surface area (Å²) in [5, 5.41) is 10.5. The maximum atomic E-state index is 12.2. The van der Waals surface area contributed by atoms with Crippen LogP contribution < -0.4 is 4.74 Å². The fraction of sp³-hybridized carbons (Fsp3) is 0.412. The predicted molar refractivity (Wildman–Crippen MR) is 84.0 cm³/mol. The number of rotatable bonds is 3. The van der Waals surface area contributed by atoms with Crippen LogP contribution >= 0.6 is 0 Å². The summed E-state index contributed by atoms with van der Waals surface area (Å²) < 4.78 is 10.3. The second kappa shape index (κ2) is 6.42. The Morgan fingerprint density at radius 3 is 2.39 bits per heavy atom. The SMILES string of the molecule is COc1ccc([C@H](O)[C@@H]2C=CC(=O)N2C(=O)OC(C)(C)C)cc1. The molecular weight excluding hydrogens is 298 g/mol. The molecule has 1 aliphatic heterocycles. The van der Waals surface area contributed by atoms with Crippen LogP contribution in [0.15, 0.2) is 36.4 Å². The van der Waals surface area contributed by atoms with E-state index in [-0.39, 0.29) is 0 Å². The summed E-state index contributed by atoms with van der Waals surface area (Å²) in [5.74, 6) is 0.153. The van der Waals surface area contributed by atoms with Crippen LogP contribution in [0.4, 0.5) is 4.79 Å². The van der Waals surface area contributed by atoms with Crippen LogP contribution in [0.3, 0.4) is 0 Å². The van der Waals surface area contributed by atoms with Crippen molar-refractivity contribution in [1.29, 1.82) is 0 Å². The Morgan fingerprint density at radius 1 is 1.26 bits per heavy atom. The molecule has 0 unspecified atom stereocenters. The third kappa shape index (κ3) is 3.90. The molecule has 1 N–H and O–H groups in total. The standard InChI is InChI=1S/C17H21NO5/c1-17(2,3)23-16(21)18-13(9-10-14(18)19)15(20)11-5-7-12(22-4)8-6-11/h5-10,13,15,20H,1-4H3/t13-,15-/m0/s1. The van der Waals surface area contributed by atoms with Crippen molar-refractivity contribution in [2.75, 3.05) is 7.11 Å². The van der Waals surface area contributed by atoms with Gasteiger partial charge in [0.25, 0.3) is 5.91 Å². The van der Waals surface area contributed by atoms with Crippen molar-refractivity contribution in [3.8, 4) is 5.75 Å². The van der Waals surface area contributed by atoms with E-state index in [1.807, 2.05) is 0 Å². The summed E-state index contributed by atoms with van der Waals surface area (Å²) in [6, 6.07) is 5.99. The molecule has 0 radical (unpaired) electrons. The lowest BCUT2D eigenvalue weighted by Gasteiger charge is -2.29. The van der Waals surface area contributed by atoms with Gasteiger partial charge in [0, 0.05) is 6.08 Å². The Hall–Kier alpha value is -2.34. The molecule has 2 rings (SSSR count). The number of aliphatic hydroxyl groups is 1. The van der Waals surface area contributed by atoms with Crippen LogP contribution in [0.2, 0.25) is 0 Å². The Morgan fingerprint density at radius 2 is 1.87 bits per heavy atom. The lowest BCUT2D eigenvalue weighted by molar-refractivity contribution is -0.126. The average molecular weight is 319 g/mol. The normalized spacial score (nSPS) is 18.9. The number of carbonyl (C=O) groups excluding carboxylic acids is 2. The minimum Gasteiger partial charge on any atom is -0.497 e. The lowest BCUT2D eigenvalue weighted by Crippen LogP contribution is -2.45. The first kappa shape index (κ1) is 17.0. The van der Waals surface area contributed by atoms with Crippen molar-refractivity contribution in [1.82, 2.24) is 4.90 Å². The van der Waals surface area contributed by atoms with Gasteiger partial charge in [-0.25, -0.2) is 9.69 Å². The molecule has 0 spiro atoms. The van der Waals surface area contributed by atoms with Crippen LogP contribution in [-0.2, 0) is 9.53 Å². The van der Waals surface area contributed by atoms with Gasteiger partial charge in [-0.3, -0.25) is 4.79 Å². The Kier molecular flexibility index (Phi) is 4.75. The maximum absolute atomic E-state index is 12.2. The number of hydrogen-bond acceptors (Lipinski definition) is 5. The van der Waals surface area contributed by atoms with Crippen molar-refractivity contribution in [3.05, 3.63) is 42.0 Å². The zero-order valence-electron chi connectivity index (χ0n) is 13.6. The number of ether oxygens (including phenoxy) is 2. The molecular formula is C17H21NO5. The highest BCUT2D eigenvalue weighted by Gasteiger charge is 2.39. The number of methoxy groups -OCH3 is 1. The summed E-state index contributed by atoms with van der Waals surface area (Å²) in [6.07, 6.45) is 0.948. The average Bonchev–Trinajstić information content (AvgIpc) is 2.86. The van der Waals surface area contributed by atoms with Gasteiger partial charge in [-0.1, -0.05) is 18.2 Å². The first-order valence-corrected chi connectivity index (χ1v) is 7.29. The van der Waals surface area contributed by atoms with E-state index in [1.54, 1.807) is 52.1 Å². The summed E-state index contributed by atoms with van der Waals surface area (Å²) in [7, 11) is 1.55. The molecule has 0 saturated carbocycles. The largest absolute Gasteiger partial charge is 0.497 e. The summed E-state index contributed by atoms with van der Waals surface area (Å²) >= 11 is 0. The predicted octanol–water partition coefficient (Wildman–Crippen LogP) is 2.43. The maximum Gasteiger partial charge on any atom is 0.417 e. The van der Waals surface area contributed by atoms with Crippen LogP contribution in [0, 0.1) is 0 Å². The Labute approximate surface area is 135 Å². The summed E-state index contributed by atoms with van der Waals surface area (Å²) in [4.78, 5) is 25.1. The molecule has 6 heteroatoms. The van der Waals surface area contributed by atoms with Gasteiger partial charge >= 0.3 is 6.09 Å². The first-order chi connectivity index (χ1) is 10.7. The Bertz CT molecular complexity index is 615. The van der Waals surface area contributed by atoms with Gasteiger partial charge in [-0.15, -0.1) is 0 Å². The molecule has 0 saturated heterocycles. The molecule has 124 valence electrons. The third-order valence-electron chi connectivity index (χ3n) is 3.34. The fourth-order valence-electron chi connectivity index (χ4n) is 2.26. The number of imide groups is 1. The number of benzene rings is 1. The molecule has 1 aromatic carbocycles. The first-order valence-electron chi connectivity index (χ1n) is 7.29. The molecule has 1 aliphatic rings. The van der Waals surface area contributed by atoms with Crippen molar-refractivity contribution in [2.24, 2.45) is 0 Å². The molecule has 0 fully saturated rings. The third-order valence-corrected chi connectivity index (χ3v) is 3.34. The quantitative estimate of drug-likeness (QED) is 0.926. The summed E-state index contributed by atoms with van der Waals surface area (Å²) in [6.45, 7) is 5.15. The topological polar surface area (TPSA) is 76.1 Å². The number of hydrogen-bond donors (Lipinski definition) is 1. The zero-order chi connectivity index (χ0) is 17.2. The van der Waals surface area contributed by atoms with Gasteiger partial charge in [-0.05, 0) is 38.5 Å². The second-order valence-corrected chi connectivity index (χ2v) is 6.26. The van der Waals surface area contributed by atoms with E-state index in [1.165, 1.54) is 12.2 Å². The van der Waals surface area contributed by atoms with Gasteiger partial charge in [0.05, 0.1) is 13.2 Å². The van der Waals surface area contributed by atoms with Gasteiger partial charge in [0.15, 0.2) is 0 Å². The van der Waals surface area contributed by atoms with Crippen molar-refractivity contribution in [3.63, 3.8) is 0 Å². The molecule has 23 heavy (non-hydrogen) atoms. The van der Waals surface area contributed by atoms with E-state index in [4.69, 9.17) is 9.47 Å². The number of aliphatic hydroxyl groups excluding tert-OH is 1. The van der Waals surface area contributed by atoms with Crippen molar-refractivity contribution in [2.45, 2.75) is 38.5 Å². The van der Waals surface area contributed by atoms with Gasteiger partial charge in [-0.2, -0.15) is 0 Å². The molecule has 1 heterocycles. The van der Waals surface area contributed by atoms with Crippen LogP contribution in [0.5, 0.6) is 5.75 Å². The van der Waals surface area contributed by atoms with E-state index in [0.717, 1.165) is 4.90 Å². The van der Waals surface area contributed by atoms with Crippen LogP contribution in [0.25, 0.3) is 0 Å². The lowest BCUT2D eigenvalue weighted by atomic mass is 10.0. The number of carbonyl (C=O) groups is 2. The minimum atomic E-state index is -1.05. The van der Waals surface area contributed by atoms with E-state index in [2.05, 4.69) is 0 Å². The van der Waals surface area contributed by atoms with E-state index in [9.17, 15) is 14.7 Å². The highest BCUT2D eigenvalue weighted by molar-refractivity contribution is 6.01. The van der Waals surface area contributed by atoms with Crippen LogP contribution in [0.1, 0.15) is 32.4 Å². The van der Waals surface area contributed by atoms with E-state index >= 15 is 0 Å². The smallest absolute Gasteiger partial charge is 0.417 e. The molecule has 0 aliphatic carbocycles. The molecule has 6 nitrogen and oxygen atoms in total. The highest BCUT2D eigenvalue weighted by atomic mass is 16.6. The summed E-state index contributed by atoms with van der Waals surface area (Å²) in [5.41, 5.74) is -0.154. The zero-order valence-corrected chi connectivity index (χ0v) is 13.6. The van der Waals surface area contributed by atoms with Gasteiger partial charge in [0.2, 0.25) is 0 Å². The fourth-order valence-corrected chi connectivity index (χ4v) is 2.26. The monoisotopic (exact) mass is 319 g/mol. The number of amides is 2. The van der Waals surface area contributed by atoms with Gasteiger partial charge in [0.1, 0.15) is 17.5 Å². The van der Waals surface area contributed by atoms with Crippen molar-refractivity contribution < 1.29 is 24.2 Å². The second-order valence-electron chi connectivity index (χ2n) is 6.26.